The molecule has 2 amide bonds. The summed E-state index contributed by atoms with van der Waals surface area (Å²) in [6.07, 6.45) is 2.63. The van der Waals surface area contributed by atoms with Crippen LogP contribution in [-0.2, 0) is 11.2 Å². The molecule has 1 saturated heterocycles. The Labute approximate surface area is 128 Å². The zero-order valence-corrected chi connectivity index (χ0v) is 12.2. The highest BCUT2D eigenvalue weighted by molar-refractivity contribution is 5.92. The predicted octanol–water partition coefficient (Wildman–Crippen LogP) is 1.85. The maximum Gasteiger partial charge on any atom is 0.287 e. The zero-order chi connectivity index (χ0) is 15.4. The van der Waals surface area contributed by atoms with E-state index in [1.54, 1.807) is 17.0 Å². The van der Waals surface area contributed by atoms with Gasteiger partial charge in [-0.1, -0.05) is 30.3 Å². The van der Waals surface area contributed by atoms with Crippen molar-refractivity contribution < 1.29 is 14.0 Å². The van der Waals surface area contributed by atoms with Gasteiger partial charge >= 0.3 is 0 Å². The van der Waals surface area contributed by atoms with Crippen molar-refractivity contribution in [2.45, 2.75) is 18.9 Å². The summed E-state index contributed by atoms with van der Waals surface area (Å²) in [7, 11) is 0. The quantitative estimate of drug-likeness (QED) is 0.916. The van der Waals surface area contributed by atoms with Gasteiger partial charge in [-0.15, -0.1) is 0 Å². The number of hydrogen-bond acceptors (Lipinski definition) is 3. The van der Waals surface area contributed by atoms with Crippen molar-refractivity contribution in [3.05, 3.63) is 60.1 Å². The van der Waals surface area contributed by atoms with Crippen molar-refractivity contribution in [3.63, 3.8) is 0 Å². The molecule has 0 radical (unpaired) electrons. The van der Waals surface area contributed by atoms with Gasteiger partial charge in [-0.3, -0.25) is 9.59 Å². The number of nitrogens with zero attached hydrogens (tertiary/aromatic N) is 1. The van der Waals surface area contributed by atoms with E-state index in [2.05, 4.69) is 17.4 Å². The number of amides is 2. The van der Waals surface area contributed by atoms with Crippen molar-refractivity contribution in [3.8, 4) is 0 Å². The third-order valence-electron chi connectivity index (χ3n) is 3.81. The first-order chi connectivity index (χ1) is 10.7. The van der Waals surface area contributed by atoms with Crippen molar-refractivity contribution in [1.29, 1.82) is 0 Å². The van der Waals surface area contributed by atoms with Gasteiger partial charge in [0.2, 0.25) is 5.91 Å². The van der Waals surface area contributed by atoms with Gasteiger partial charge in [0, 0.05) is 19.5 Å². The van der Waals surface area contributed by atoms with E-state index in [9.17, 15) is 9.59 Å². The largest absolute Gasteiger partial charge is 0.459 e. The monoisotopic (exact) mass is 298 g/mol. The molecule has 0 spiro atoms. The van der Waals surface area contributed by atoms with Crippen molar-refractivity contribution in [2.24, 2.45) is 0 Å². The van der Waals surface area contributed by atoms with Crippen LogP contribution in [0.3, 0.4) is 0 Å². The number of nitrogens with one attached hydrogen (secondary N) is 1. The van der Waals surface area contributed by atoms with Crippen molar-refractivity contribution in [1.82, 2.24) is 10.2 Å². The lowest BCUT2D eigenvalue weighted by Crippen LogP contribution is -2.37. The fraction of sp³-hybridized carbons (Fsp3) is 0.294. The predicted molar refractivity (Wildman–Crippen MR) is 81.3 cm³/mol. The minimum Gasteiger partial charge on any atom is -0.459 e. The average molecular weight is 298 g/mol. The van der Waals surface area contributed by atoms with E-state index >= 15 is 0 Å². The molecule has 2 aromatic rings. The lowest BCUT2D eigenvalue weighted by Gasteiger charge is -2.17. The van der Waals surface area contributed by atoms with Crippen LogP contribution in [0.25, 0.3) is 0 Å². The Morgan fingerprint density at radius 1 is 1.23 bits per heavy atom. The second-order valence-electron chi connectivity index (χ2n) is 5.43. The van der Waals surface area contributed by atoms with E-state index in [1.807, 2.05) is 18.2 Å². The first-order valence-electron chi connectivity index (χ1n) is 7.38. The summed E-state index contributed by atoms with van der Waals surface area (Å²) >= 11 is 0. The summed E-state index contributed by atoms with van der Waals surface area (Å²) < 4.78 is 5.05. The fourth-order valence-electron chi connectivity index (χ4n) is 2.66. The molecule has 0 unspecified atom stereocenters. The maximum absolute atomic E-state index is 12.0. The Hall–Kier alpha value is -2.56. The van der Waals surface area contributed by atoms with Crippen LogP contribution in [0.15, 0.2) is 53.1 Å². The van der Waals surface area contributed by atoms with Crippen LogP contribution in [0.2, 0.25) is 0 Å². The van der Waals surface area contributed by atoms with E-state index in [4.69, 9.17) is 4.42 Å². The number of rotatable bonds is 5. The highest BCUT2D eigenvalue weighted by atomic mass is 16.3. The molecule has 114 valence electrons. The summed E-state index contributed by atoms with van der Waals surface area (Å²) in [6, 6.07) is 13.2. The molecule has 22 heavy (non-hydrogen) atoms. The number of furan rings is 1. The van der Waals surface area contributed by atoms with Crippen molar-refractivity contribution >= 4 is 11.8 Å². The van der Waals surface area contributed by atoms with E-state index < -0.39 is 0 Å². The SMILES string of the molecule is O=C(N[C@@H]1CC(=O)N(CCc2ccccc2)C1)c1ccco1. The molecule has 5 heteroatoms. The summed E-state index contributed by atoms with van der Waals surface area (Å²) in [4.78, 5) is 25.8. The van der Waals surface area contributed by atoms with Crippen molar-refractivity contribution in [2.75, 3.05) is 13.1 Å². The first-order valence-corrected chi connectivity index (χ1v) is 7.38. The van der Waals surface area contributed by atoms with Gasteiger partial charge in [0.1, 0.15) is 0 Å². The van der Waals surface area contributed by atoms with Gasteiger partial charge in [-0.2, -0.15) is 0 Å². The van der Waals surface area contributed by atoms with Gasteiger partial charge in [0.25, 0.3) is 5.91 Å². The van der Waals surface area contributed by atoms with Crippen LogP contribution < -0.4 is 5.32 Å². The molecular weight excluding hydrogens is 280 g/mol. The van der Waals surface area contributed by atoms with Gasteiger partial charge in [0.05, 0.1) is 12.3 Å². The number of benzene rings is 1. The minimum absolute atomic E-state index is 0.0840. The highest BCUT2D eigenvalue weighted by Gasteiger charge is 2.30. The molecular formula is C17H18N2O3. The lowest BCUT2D eigenvalue weighted by atomic mass is 10.1. The summed E-state index contributed by atoms with van der Waals surface area (Å²) in [6.45, 7) is 1.23. The summed E-state index contributed by atoms with van der Waals surface area (Å²) in [5.74, 6) is 0.0866. The molecule has 1 aromatic heterocycles. The average Bonchev–Trinajstić information content (AvgIpc) is 3.16. The van der Waals surface area contributed by atoms with Crippen LogP contribution in [0.1, 0.15) is 22.5 Å². The minimum atomic E-state index is -0.271. The topological polar surface area (TPSA) is 62.6 Å². The number of likely N-dealkylation sites (tertiary alicyclic amines) is 1. The first kappa shape index (κ1) is 14.4. The molecule has 1 aliphatic rings. The Kier molecular flexibility index (Phi) is 4.23. The molecule has 1 fully saturated rings. The lowest BCUT2D eigenvalue weighted by molar-refractivity contribution is -0.127. The number of carbonyl (C=O) groups excluding carboxylic acids is 2. The molecule has 1 N–H and O–H groups in total. The standard InChI is InChI=1S/C17H18N2O3/c20-16-11-14(18-17(21)15-7-4-10-22-15)12-19(16)9-8-13-5-2-1-3-6-13/h1-7,10,14H,8-9,11-12H2,(H,18,21)/t14-/m1/s1. The van der Waals surface area contributed by atoms with Crippen LogP contribution in [0.4, 0.5) is 0 Å². The summed E-state index contributed by atoms with van der Waals surface area (Å²) in [5.41, 5.74) is 1.21. The van der Waals surface area contributed by atoms with Gasteiger partial charge in [0.15, 0.2) is 5.76 Å². The molecule has 0 saturated carbocycles. The fourth-order valence-corrected chi connectivity index (χ4v) is 2.66. The molecule has 1 aliphatic heterocycles. The van der Waals surface area contributed by atoms with E-state index in [-0.39, 0.29) is 23.6 Å². The molecule has 5 nitrogen and oxygen atoms in total. The van der Waals surface area contributed by atoms with E-state index in [0.717, 1.165) is 6.42 Å². The molecule has 1 atom stereocenters. The van der Waals surface area contributed by atoms with E-state index in [1.165, 1.54) is 11.8 Å². The molecule has 0 aliphatic carbocycles. The van der Waals surface area contributed by atoms with Gasteiger partial charge < -0.3 is 14.6 Å². The third-order valence-corrected chi connectivity index (χ3v) is 3.81. The third kappa shape index (κ3) is 3.36. The second-order valence-corrected chi connectivity index (χ2v) is 5.43. The number of hydrogen-bond donors (Lipinski definition) is 1. The highest BCUT2D eigenvalue weighted by Crippen LogP contribution is 2.13. The maximum atomic E-state index is 12.0. The molecule has 0 bridgehead atoms. The Morgan fingerprint density at radius 2 is 2.05 bits per heavy atom. The number of carbonyl (C=O) groups is 2. The van der Waals surface area contributed by atoms with Crippen LogP contribution >= 0.6 is 0 Å². The Morgan fingerprint density at radius 3 is 2.77 bits per heavy atom. The van der Waals surface area contributed by atoms with Crippen LogP contribution in [0, 0.1) is 0 Å². The smallest absolute Gasteiger partial charge is 0.287 e. The van der Waals surface area contributed by atoms with Crippen LogP contribution in [-0.4, -0.2) is 35.8 Å². The van der Waals surface area contributed by atoms with E-state index in [0.29, 0.717) is 19.5 Å². The normalized spacial score (nSPS) is 17.7. The Bertz CT molecular complexity index is 637. The van der Waals surface area contributed by atoms with Gasteiger partial charge in [-0.05, 0) is 24.1 Å². The van der Waals surface area contributed by atoms with Crippen LogP contribution in [0.5, 0.6) is 0 Å². The molecule has 3 rings (SSSR count). The second kappa shape index (κ2) is 6.47. The molecule has 1 aromatic carbocycles. The molecule has 2 heterocycles. The van der Waals surface area contributed by atoms with Gasteiger partial charge in [-0.25, -0.2) is 0 Å². The summed E-state index contributed by atoms with van der Waals surface area (Å²) in [5, 5.41) is 2.84. The Balaban J connectivity index is 1.51. The zero-order valence-electron chi connectivity index (χ0n) is 12.2.